The van der Waals surface area contributed by atoms with Crippen LogP contribution in [0.1, 0.15) is 0 Å². The van der Waals surface area contributed by atoms with Crippen molar-refractivity contribution in [2.24, 2.45) is 5.84 Å². The topological polar surface area (TPSA) is 87.4 Å². The van der Waals surface area contributed by atoms with E-state index in [2.05, 4.69) is 15.4 Å². The average molecular weight is 272 g/mol. The van der Waals surface area contributed by atoms with Crippen LogP contribution in [0.25, 0.3) is 10.9 Å². The number of carbonyl (C=O) groups is 1. The molecule has 3 rings (SSSR count). The number of nitrogen functional groups attached to an aromatic ring is 1. The maximum Gasteiger partial charge on any atom is 0.241 e. The lowest BCUT2D eigenvalue weighted by atomic mass is 10.2. The van der Waals surface area contributed by atoms with Crippen molar-refractivity contribution in [3.05, 3.63) is 24.3 Å². The molecule has 20 heavy (non-hydrogen) atoms. The van der Waals surface area contributed by atoms with Gasteiger partial charge in [0.1, 0.15) is 5.82 Å². The Morgan fingerprint density at radius 1 is 1.25 bits per heavy atom. The first-order valence-electron chi connectivity index (χ1n) is 6.41. The number of carbonyl (C=O) groups excluding carboxylic acids is 1. The molecule has 1 amide bonds. The van der Waals surface area contributed by atoms with E-state index in [0.717, 1.165) is 23.3 Å². The average Bonchev–Trinajstić information content (AvgIpc) is 2.49. The Bertz CT molecular complexity index is 658. The molecule has 2 heterocycles. The number of aromatic nitrogens is 2. The minimum atomic E-state index is 0.0844. The second kappa shape index (κ2) is 4.93. The van der Waals surface area contributed by atoms with E-state index < -0.39 is 0 Å². The normalized spacial score (nSPS) is 15.8. The lowest BCUT2D eigenvalue weighted by Gasteiger charge is -2.33. The molecular formula is C13H16N6O. The third-order valence-corrected chi connectivity index (χ3v) is 3.47. The Morgan fingerprint density at radius 2 is 2.05 bits per heavy atom. The van der Waals surface area contributed by atoms with Crippen LogP contribution < -0.4 is 16.2 Å². The van der Waals surface area contributed by atoms with Crippen molar-refractivity contribution in [1.82, 2.24) is 14.9 Å². The van der Waals surface area contributed by atoms with Crippen LogP contribution in [0.4, 0.5) is 11.8 Å². The summed E-state index contributed by atoms with van der Waals surface area (Å²) in [5.41, 5.74) is 3.28. The second-order valence-electron chi connectivity index (χ2n) is 4.77. The Kier molecular flexibility index (Phi) is 3.11. The van der Waals surface area contributed by atoms with Crippen molar-refractivity contribution >= 4 is 28.6 Å². The van der Waals surface area contributed by atoms with Crippen LogP contribution in [0, 0.1) is 0 Å². The van der Waals surface area contributed by atoms with Crippen LogP contribution in [0.5, 0.6) is 0 Å². The first kappa shape index (κ1) is 12.6. The van der Waals surface area contributed by atoms with E-state index in [1.165, 1.54) is 0 Å². The van der Waals surface area contributed by atoms with E-state index in [-0.39, 0.29) is 5.91 Å². The highest BCUT2D eigenvalue weighted by Gasteiger charge is 2.24. The molecule has 1 saturated heterocycles. The Balaban J connectivity index is 2.08. The molecule has 1 fully saturated rings. The summed E-state index contributed by atoms with van der Waals surface area (Å²) in [6, 6.07) is 7.70. The summed E-state index contributed by atoms with van der Waals surface area (Å²) in [6.45, 7) is 1.75. The van der Waals surface area contributed by atoms with Crippen LogP contribution in [0.3, 0.4) is 0 Å². The quantitative estimate of drug-likeness (QED) is 0.599. The molecule has 0 bridgehead atoms. The summed E-state index contributed by atoms with van der Waals surface area (Å²) in [6.07, 6.45) is 0. The fraction of sp³-hybridized carbons (Fsp3) is 0.308. The van der Waals surface area contributed by atoms with Gasteiger partial charge in [0.05, 0.1) is 12.1 Å². The van der Waals surface area contributed by atoms with Gasteiger partial charge < -0.3 is 9.80 Å². The van der Waals surface area contributed by atoms with Gasteiger partial charge in [0, 0.05) is 25.5 Å². The molecule has 0 radical (unpaired) electrons. The van der Waals surface area contributed by atoms with Gasteiger partial charge in [-0.15, -0.1) is 0 Å². The molecular weight excluding hydrogens is 256 g/mol. The molecule has 1 aromatic carbocycles. The number of hydrogen-bond acceptors (Lipinski definition) is 6. The van der Waals surface area contributed by atoms with E-state index in [9.17, 15) is 4.79 Å². The number of hydrazine groups is 1. The van der Waals surface area contributed by atoms with E-state index >= 15 is 0 Å². The van der Waals surface area contributed by atoms with Crippen molar-refractivity contribution in [2.75, 3.05) is 37.0 Å². The van der Waals surface area contributed by atoms with Crippen molar-refractivity contribution in [3.8, 4) is 0 Å². The highest BCUT2D eigenvalue weighted by atomic mass is 16.2. The first-order valence-corrected chi connectivity index (χ1v) is 6.41. The zero-order valence-corrected chi connectivity index (χ0v) is 11.2. The summed E-state index contributed by atoms with van der Waals surface area (Å²) in [5.74, 6) is 6.60. The van der Waals surface area contributed by atoms with Crippen LogP contribution in [-0.2, 0) is 4.79 Å². The van der Waals surface area contributed by atoms with Gasteiger partial charge in [0.25, 0.3) is 0 Å². The zero-order chi connectivity index (χ0) is 14.1. The molecule has 0 atom stereocenters. The molecule has 0 aliphatic carbocycles. The number of anilines is 2. The summed E-state index contributed by atoms with van der Waals surface area (Å²) in [5, 5.41) is 0.920. The predicted molar refractivity (Wildman–Crippen MR) is 77.2 cm³/mol. The lowest BCUT2D eigenvalue weighted by Crippen LogP contribution is -2.49. The highest BCUT2D eigenvalue weighted by molar-refractivity contribution is 5.93. The number of nitrogens with one attached hydrogen (secondary N) is 1. The van der Waals surface area contributed by atoms with Gasteiger partial charge in [0.2, 0.25) is 11.9 Å². The third-order valence-electron chi connectivity index (χ3n) is 3.47. The zero-order valence-electron chi connectivity index (χ0n) is 11.2. The fourth-order valence-corrected chi connectivity index (χ4v) is 2.30. The van der Waals surface area contributed by atoms with Crippen LogP contribution >= 0.6 is 0 Å². The summed E-state index contributed by atoms with van der Waals surface area (Å²) < 4.78 is 0. The van der Waals surface area contributed by atoms with Crippen LogP contribution in [-0.4, -0.2) is 47.5 Å². The van der Waals surface area contributed by atoms with Gasteiger partial charge in [-0.25, -0.2) is 10.8 Å². The van der Waals surface area contributed by atoms with E-state index in [4.69, 9.17) is 5.84 Å². The molecule has 7 heteroatoms. The van der Waals surface area contributed by atoms with Crippen LogP contribution in [0.2, 0.25) is 0 Å². The molecule has 1 aliphatic heterocycles. The summed E-state index contributed by atoms with van der Waals surface area (Å²) >= 11 is 0. The Morgan fingerprint density at radius 3 is 2.80 bits per heavy atom. The molecule has 0 unspecified atom stereocenters. The number of likely N-dealkylation sites (N-methyl/N-ethyl adjacent to an activating group) is 1. The van der Waals surface area contributed by atoms with E-state index in [1.807, 2.05) is 36.2 Å². The number of piperazine rings is 1. The number of para-hydroxylation sites is 1. The second-order valence-corrected chi connectivity index (χ2v) is 4.77. The van der Waals surface area contributed by atoms with Crippen molar-refractivity contribution < 1.29 is 4.79 Å². The smallest absolute Gasteiger partial charge is 0.241 e. The number of rotatable bonds is 2. The number of nitrogens with zero attached hydrogens (tertiary/aromatic N) is 4. The number of nitrogens with two attached hydrogens (primary N) is 1. The molecule has 104 valence electrons. The van der Waals surface area contributed by atoms with Gasteiger partial charge in [-0.3, -0.25) is 10.2 Å². The van der Waals surface area contributed by atoms with Crippen LogP contribution in [0.15, 0.2) is 24.3 Å². The van der Waals surface area contributed by atoms with Crippen molar-refractivity contribution in [2.45, 2.75) is 0 Å². The minimum Gasteiger partial charge on any atom is -0.345 e. The molecule has 2 aromatic rings. The van der Waals surface area contributed by atoms with Gasteiger partial charge >= 0.3 is 0 Å². The molecule has 1 aromatic heterocycles. The highest BCUT2D eigenvalue weighted by Crippen LogP contribution is 2.25. The Hall–Kier alpha value is -2.41. The first-order chi connectivity index (χ1) is 9.69. The van der Waals surface area contributed by atoms with Crippen molar-refractivity contribution in [3.63, 3.8) is 0 Å². The Labute approximate surface area is 116 Å². The minimum absolute atomic E-state index is 0.0844. The van der Waals surface area contributed by atoms with Gasteiger partial charge in [-0.2, -0.15) is 4.98 Å². The molecule has 1 aliphatic rings. The maximum atomic E-state index is 11.9. The van der Waals surface area contributed by atoms with Gasteiger partial charge in [-0.05, 0) is 12.1 Å². The van der Waals surface area contributed by atoms with Crippen molar-refractivity contribution in [1.29, 1.82) is 0 Å². The van der Waals surface area contributed by atoms with E-state index in [0.29, 0.717) is 19.0 Å². The largest absolute Gasteiger partial charge is 0.345 e. The number of hydrogen-bond donors (Lipinski definition) is 2. The SMILES string of the molecule is CN1CCN(c2nc(NN)nc3ccccc23)CC1=O. The van der Waals surface area contributed by atoms with Gasteiger partial charge in [0.15, 0.2) is 0 Å². The molecule has 3 N–H and O–H groups in total. The lowest BCUT2D eigenvalue weighted by molar-refractivity contribution is -0.129. The maximum absolute atomic E-state index is 11.9. The fourth-order valence-electron chi connectivity index (χ4n) is 2.30. The summed E-state index contributed by atoms with van der Waals surface area (Å²) in [4.78, 5) is 24.3. The monoisotopic (exact) mass is 272 g/mol. The molecule has 0 spiro atoms. The van der Waals surface area contributed by atoms with E-state index in [1.54, 1.807) is 4.90 Å². The number of benzene rings is 1. The third kappa shape index (κ3) is 2.12. The number of amides is 1. The number of fused-ring (bicyclic) bond motifs is 1. The summed E-state index contributed by atoms with van der Waals surface area (Å²) in [7, 11) is 1.81. The van der Waals surface area contributed by atoms with Gasteiger partial charge in [-0.1, -0.05) is 12.1 Å². The standard InChI is InChI=1S/C13H16N6O/c1-18-6-7-19(8-11(18)20)12-9-4-2-3-5-10(9)15-13(16-12)17-14/h2-5H,6-8,14H2,1H3,(H,15,16,17). The predicted octanol–water partition coefficient (Wildman–Crippen LogP) is 0.194. The molecule has 0 saturated carbocycles. The molecule has 7 nitrogen and oxygen atoms in total.